The number of rotatable bonds is 2. The van der Waals surface area contributed by atoms with Gasteiger partial charge in [-0.3, -0.25) is 4.79 Å². The zero-order chi connectivity index (χ0) is 10.9. The first-order valence-corrected chi connectivity index (χ1v) is 4.56. The standard InChI is InChI=1S/C11H16N2O/c1-6-4-9(11(13)8(3)14)5-7(2)10(6)12/h4-5,11H,12-13H2,1-3H3. The number of benzene rings is 1. The van der Waals surface area contributed by atoms with Gasteiger partial charge in [0.2, 0.25) is 0 Å². The highest BCUT2D eigenvalue weighted by molar-refractivity contribution is 5.83. The van der Waals surface area contributed by atoms with E-state index in [-0.39, 0.29) is 5.78 Å². The Bertz CT molecular complexity index is 349. The summed E-state index contributed by atoms with van der Waals surface area (Å²) in [4.78, 5) is 11.1. The number of carbonyl (C=O) groups excluding carboxylic acids is 1. The van der Waals surface area contributed by atoms with Gasteiger partial charge in [0.05, 0.1) is 6.04 Å². The van der Waals surface area contributed by atoms with Crippen LogP contribution in [0.3, 0.4) is 0 Å². The Balaban J connectivity index is 3.19. The van der Waals surface area contributed by atoms with Gasteiger partial charge in [0.1, 0.15) is 0 Å². The molecule has 4 N–H and O–H groups in total. The minimum absolute atomic E-state index is 0.0337. The second kappa shape index (κ2) is 3.80. The monoisotopic (exact) mass is 192 g/mol. The third-order valence-corrected chi connectivity index (χ3v) is 2.41. The van der Waals surface area contributed by atoms with Gasteiger partial charge in [-0.15, -0.1) is 0 Å². The van der Waals surface area contributed by atoms with Crippen LogP contribution in [-0.4, -0.2) is 5.78 Å². The van der Waals surface area contributed by atoms with Gasteiger partial charge < -0.3 is 11.5 Å². The second-order valence-corrected chi connectivity index (χ2v) is 3.66. The first-order chi connectivity index (χ1) is 6.43. The summed E-state index contributed by atoms with van der Waals surface area (Å²) in [5.41, 5.74) is 15.1. The summed E-state index contributed by atoms with van der Waals surface area (Å²) in [7, 11) is 0. The normalized spacial score (nSPS) is 12.6. The van der Waals surface area contributed by atoms with Crippen molar-refractivity contribution in [3.8, 4) is 0 Å². The van der Waals surface area contributed by atoms with Crippen LogP contribution in [-0.2, 0) is 4.79 Å². The Kier molecular flexibility index (Phi) is 2.91. The molecule has 1 aromatic carbocycles. The van der Waals surface area contributed by atoms with Gasteiger partial charge in [0, 0.05) is 5.69 Å². The number of Topliss-reactive ketones (excluding diaryl/α,β-unsaturated/α-hetero) is 1. The molecule has 0 amide bonds. The Morgan fingerprint density at radius 2 is 1.71 bits per heavy atom. The summed E-state index contributed by atoms with van der Waals surface area (Å²) in [6.45, 7) is 5.32. The number of nitrogens with two attached hydrogens (primary N) is 2. The van der Waals surface area contributed by atoms with E-state index in [4.69, 9.17) is 11.5 Å². The van der Waals surface area contributed by atoms with Crippen LogP contribution in [0.5, 0.6) is 0 Å². The molecule has 0 fully saturated rings. The molecular weight excluding hydrogens is 176 g/mol. The van der Waals surface area contributed by atoms with Gasteiger partial charge in [0.25, 0.3) is 0 Å². The molecule has 0 radical (unpaired) electrons. The summed E-state index contributed by atoms with van der Waals surface area (Å²) in [6, 6.07) is 3.20. The Morgan fingerprint density at radius 3 is 2.07 bits per heavy atom. The molecule has 14 heavy (non-hydrogen) atoms. The lowest BCUT2D eigenvalue weighted by Gasteiger charge is -2.12. The van der Waals surface area contributed by atoms with E-state index in [2.05, 4.69) is 0 Å². The number of nitrogen functional groups attached to an aromatic ring is 1. The van der Waals surface area contributed by atoms with Crippen molar-refractivity contribution in [1.29, 1.82) is 0 Å². The smallest absolute Gasteiger partial charge is 0.150 e. The van der Waals surface area contributed by atoms with Crippen LogP contribution in [0, 0.1) is 13.8 Å². The molecule has 0 aliphatic heterocycles. The highest BCUT2D eigenvalue weighted by atomic mass is 16.1. The van der Waals surface area contributed by atoms with E-state index < -0.39 is 6.04 Å². The quantitative estimate of drug-likeness (QED) is 0.697. The molecule has 0 bridgehead atoms. The predicted molar refractivity (Wildman–Crippen MR) is 57.9 cm³/mol. The Labute approximate surface area is 84.1 Å². The van der Waals surface area contributed by atoms with E-state index in [0.29, 0.717) is 0 Å². The van der Waals surface area contributed by atoms with Crippen LogP contribution in [0.2, 0.25) is 0 Å². The molecule has 1 atom stereocenters. The van der Waals surface area contributed by atoms with Crippen molar-refractivity contribution in [2.24, 2.45) is 5.73 Å². The second-order valence-electron chi connectivity index (χ2n) is 3.66. The zero-order valence-corrected chi connectivity index (χ0v) is 8.79. The first-order valence-electron chi connectivity index (χ1n) is 4.56. The fourth-order valence-corrected chi connectivity index (χ4v) is 1.42. The van der Waals surface area contributed by atoms with Crippen molar-refractivity contribution in [2.45, 2.75) is 26.8 Å². The summed E-state index contributed by atoms with van der Waals surface area (Å²) in [5.74, 6) is -0.0337. The lowest BCUT2D eigenvalue weighted by Crippen LogP contribution is -2.19. The molecule has 0 aromatic heterocycles. The van der Waals surface area contributed by atoms with Gasteiger partial charge in [0.15, 0.2) is 5.78 Å². The van der Waals surface area contributed by atoms with Crippen molar-refractivity contribution >= 4 is 11.5 Å². The maximum atomic E-state index is 11.1. The lowest BCUT2D eigenvalue weighted by molar-refractivity contribution is -0.118. The Morgan fingerprint density at radius 1 is 1.29 bits per heavy atom. The summed E-state index contributed by atoms with van der Waals surface area (Å²) < 4.78 is 0. The van der Waals surface area contributed by atoms with Gasteiger partial charge in [-0.05, 0) is 37.5 Å². The molecule has 0 heterocycles. The van der Waals surface area contributed by atoms with E-state index in [0.717, 1.165) is 22.4 Å². The van der Waals surface area contributed by atoms with E-state index >= 15 is 0 Å². The molecular formula is C11H16N2O. The third-order valence-electron chi connectivity index (χ3n) is 2.41. The summed E-state index contributed by atoms with van der Waals surface area (Å²) in [5, 5.41) is 0. The lowest BCUT2D eigenvalue weighted by atomic mass is 9.98. The van der Waals surface area contributed by atoms with Crippen LogP contribution in [0.4, 0.5) is 5.69 Å². The topological polar surface area (TPSA) is 69.1 Å². The van der Waals surface area contributed by atoms with E-state index in [9.17, 15) is 4.79 Å². The molecule has 3 nitrogen and oxygen atoms in total. The molecule has 0 aliphatic rings. The first kappa shape index (κ1) is 10.7. The fourth-order valence-electron chi connectivity index (χ4n) is 1.42. The minimum atomic E-state index is -0.534. The van der Waals surface area contributed by atoms with Crippen LogP contribution in [0.1, 0.15) is 29.7 Å². The van der Waals surface area contributed by atoms with Crippen LogP contribution >= 0.6 is 0 Å². The van der Waals surface area contributed by atoms with Crippen molar-refractivity contribution in [2.75, 3.05) is 5.73 Å². The maximum Gasteiger partial charge on any atom is 0.150 e. The van der Waals surface area contributed by atoms with E-state index in [1.165, 1.54) is 6.92 Å². The number of anilines is 1. The molecule has 1 rings (SSSR count). The zero-order valence-electron chi connectivity index (χ0n) is 8.79. The molecule has 0 saturated carbocycles. The van der Waals surface area contributed by atoms with E-state index in [1.807, 2.05) is 26.0 Å². The van der Waals surface area contributed by atoms with Gasteiger partial charge in [-0.1, -0.05) is 12.1 Å². The summed E-state index contributed by atoms with van der Waals surface area (Å²) in [6.07, 6.45) is 0. The maximum absolute atomic E-state index is 11.1. The number of hydrogen-bond acceptors (Lipinski definition) is 3. The number of aryl methyl sites for hydroxylation is 2. The highest BCUT2D eigenvalue weighted by Gasteiger charge is 2.12. The molecule has 76 valence electrons. The SMILES string of the molecule is CC(=O)C(N)c1cc(C)c(N)c(C)c1. The van der Waals surface area contributed by atoms with Crippen LogP contribution < -0.4 is 11.5 Å². The van der Waals surface area contributed by atoms with Gasteiger partial charge in [-0.25, -0.2) is 0 Å². The average molecular weight is 192 g/mol. The van der Waals surface area contributed by atoms with Crippen molar-refractivity contribution in [1.82, 2.24) is 0 Å². The molecule has 0 saturated heterocycles. The molecule has 1 aromatic rings. The number of ketones is 1. The molecule has 0 spiro atoms. The highest BCUT2D eigenvalue weighted by Crippen LogP contribution is 2.22. The third kappa shape index (κ3) is 1.93. The van der Waals surface area contributed by atoms with Gasteiger partial charge >= 0.3 is 0 Å². The number of carbonyl (C=O) groups is 1. The van der Waals surface area contributed by atoms with Gasteiger partial charge in [-0.2, -0.15) is 0 Å². The molecule has 1 unspecified atom stereocenters. The van der Waals surface area contributed by atoms with Crippen molar-refractivity contribution in [3.63, 3.8) is 0 Å². The fraction of sp³-hybridized carbons (Fsp3) is 0.364. The average Bonchev–Trinajstić information content (AvgIpc) is 2.12. The predicted octanol–water partition coefficient (Wildman–Crippen LogP) is 1.47. The number of hydrogen-bond donors (Lipinski definition) is 2. The van der Waals surface area contributed by atoms with Crippen LogP contribution in [0.15, 0.2) is 12.1 Å². The summed E-state index contributed by atoms with van der Waals surface area (Å²) >= 11 is 0. The Hall–Kier alpha value is -1.35. The minimum Gasteiger partial charge on any atom is -0.398 e. The largest absolute Gasteiger partial charge is 0.398 e. The van der Waals surface area contributed by atoms with Crippen LogP contribution in [0.25, 0.3) is 0 Å². The van der Waals surface area contributed by atoms with Crippen molar-refractivity contribution in [3.05, 3.63) is 28.8 Å². The van der Waals surface area contributed by atoms with Crippen molar-refractivity contribution < 1.29 is 4.79 Å². The molecule has 0 aliphatic carbocycles. The molecule has 3 heteroatoms. The van der Waals surface area contributed by atoms with E-state index in [1.54, 1.807) is 0 Å².